The maximum atomic E-state index is 12.5. The second-order valence-corrected chi connectivity index (χ2v) is 11.3. The zero-order valence-corrected chi connectivity index (χ0v) is 20.1. The Morgan fingerprint density at radius 3 is 2.53 bits per heavy atom. The highest BCUT2D eigenvalue weighted by molar-refractivity contribution is 7.92. The van der Waals surface area contributed by atoms with E-state index in [4.69, 9.17) is 4.74 Å². The lowest BCUT2D eigenvalue weighted by atomic mass is 10.1. The number of benzene rings is 1. The number of methoxy groups -OCH3 is 1. The molecule has 32 heavy (non-hydrogen) atoms. The number of carbonyl (C=O) groups is 2. The van der Waals surface area contributed by atoms with Gasteiger partial charge >= 0.3 is 12.1 Å². The molecule has 0 radical (unpaired) electrons. The van der Waals surface area contributed by atoms with Gasteiger partial charge in [0.25, 0.3) is 0 Å². The maximum Gasteiger partial charge on any atom is 0.410 e. The summed E-state index contributed by atoms with van der Waals surface area (Å²) in [5.41, 5.74) is 1.41. The number of aromatic nitrogens is 1. The van der Waals surface area contributed by atoms with Crippen molar-refractivity contribution in [3.05, 3.63) is 46.0 Å². The molecule has 9 nitrogen and oxygen atoms in total. The van der Waals surface area contributed by atoms with Crippen LogP contribution in [0.2, 0.25) is 0 Å². The fourth-order valence-electron chi connectivity index (χ4n) is 3.08. The Morgan fingerprint density at radius 1 is 1.22 bits per heavy atom. The van der Waals surface area contributed by atoms with Crippen molar-refractivity contribution < 1.29 is 27.5 Å². The standard InChI is InChI=1S/C21H27N3O6S2/c1-21(2,3)30-20(26)24-11-9-16-17(13-24)31-19(22-16)23-32(27,28)12-10-14-5-7-15(8-6-14)18(25)29-4/h5-8H,9-13H2,1-4H3,(H,22,23). The summed E-state index contributed by atoms with van der Waals surface area (Å²) in [5, 5.41) is 0.294. The number of carbonyl (C=O) groups excluding carboxylic acids is 2. The monoisotopic (exact) mass is 481 g/mol. The maximum absolute atomic E-state index is 12.5. The molecule has 0 aliphatic carbocycles. The predicted octanol–water partition coefficient (Wildman–Crippen LogP) is 3.21. The number of thiazole rings is 1. The summed E-state index contributed by atoms with van der Waals surface area (Å²) in [6.07, 6.45) is 0.435. The Bertz CT molecular complexity index is 1090. The third kappa shape index (κ3) is 6.42. The molecule has 1 amide bonds. The SMILES string of the molecule is COC(=O)c1ccc(CCS(=O)(=O)Nc2nc3c(s2)CN(C(=O)OC(C)(C)C)CC3)cc1. The van der Waals surface area contributed by atoms with Crippen LogP contribution in [0.25, 0.3) is 0 Å². The van der Waals surface area contributed by atoms with Crippen molar-refractivity contribution in [3.63, 3.8) is 0 Å². The quantitative estimate of drug-likeness (QED) is 0.630. The van der Waals surface area contributed by atoms with Crippen molar-refractivity contribution >= 4 is 38.6 Å². The molecule has 0 saturated heterocycles. The van der Waals surface area contributed by atoms with E-state index in [1.54, 1.807) is 29.2 Å². The fourth-order valence-corrected chi connectivity index (χ4v) is 5.42. The molecule has 0 spiro atoms. The minimum atomic E-state index is -3.62. The van der Waals surface area contributed by atoms with E-state index in [0.29, 0.717) is 30.2 Å². The van der Waals surface area contributed by atoms with Gasteiger partial charge in [-0.25, -0.2) is 23.0 Å². The molecular formula is C21H27N3O6S2. The zero-order chi connectivity index (χ0) is 23.5. The Hall–Kier alpha value is -2.66. The number of aryl methyl sites for hydroxylation is 1. The number of amides is 1. The van der Waals surface area contributed by atoms with E-state index in [1.165, 1.54) is 18.4 Å². The molecule has 1 aliphatic rings. The van der Waals surface area contributed by atoms with Gasteiger partial charge in [0.1, 0.15) is 5.60 Å². The third-order valence-electron chi connectivity index (χ3n) is 4.66. The Kier molecular flexibility index (Phi) is 7.09. The number of sulfonamides is 1. The van der Waals surface area contributed by atoms with E-state index in [9.17, 15) is 18.0 Å². The first kappa shape index (κ1) is 24.0. The molecule has 2 aromatic rings. The molecule has 0 unspecified atom stereocenters. The summed E-state index contributed by atoms with van der Waals surface area (Å²) in [6, 6.07) is 6.61. The molecule has 1 aliphatic heterocycles. The molecule has 0 saturated carbocycles. The minimum Gasteiger partial charge on any atom is -0.465 e. The van der Waals surface area contributed by atoms with Crippen LogP contribution < -0.4 is 4.72 Å². The average molecular weight is 482 g/mol. The number of anilines is 1. The second-order valence-electron chi connectivity index (χ2n) is 8.40. The average Bonchev–Trinajstić information content (AvgIpc) is 3.11. The van der Waals surface area contributed by atoms with Crippen LogP contribution in [0.5, 0.6) is 0 Å². The van der Waals surface area contributed by atoms with E-state index in [1.807, 2.05) is 20.8 Å². The number of nitrogens with one attached hydrogen (secondary N) is 1. The van der Waals surface area contributed by atoms with Crippen LogP contribution in [0.4, 0.5) is 9.93 Å². The van der Waals surface area contributed by atoms with Gasteiger partial charge in [-0.05, 0) is 44.9 Å². The van der Waals surface area contributed by atoms with Gasteiger partial charge in [0, 0.05) is 17.8 Å². The number of ether oxygens (including phenoxy) is 2. The predicted molar refractivity (Wildman–Crippen MR) is 121 cm³/mol. The van der Waals surface area contributed by atoms with Gasteiger partial charge in [-0.1, -0.05) is 23.5 Å². The van der Waals surface area contributed by atoms with Gasteiger partial charge < -0.3 is 14.4 Å². The van der Waals surface area contributed by atoms with Crippen molar-refractivity contribution in [2.45, 2.75) is 45.8 Å². The summed E-state index contributed by atoms with van der Waals surface area (Å²) >= 11 is 1.23. The van der Waals surface area contributed by atoms with Crippen LogP contribution in [0.15, 0.2) is 24.3 Å². The molecule has 0 fully saturated rings. The molecule has 1 aromatic carbocycles. The molecule has 174 valence electrons. The first-order valence-electron chi connectivity index (χ1n) is 10.1. The van der Waals surface area contributed by atoms with Gasteiger partial charge in [0.2, 0.25) is 10.0 Å². The van der Waals surface area contributed by atoms with Crippen molar-refractivity contribution in [1.82, 2.24) is 9.88 Å². The summed E-state index contributed by atoms with van der Waals surface area (Å²) in [5.74, 6) is -0.567. The Labute approximate surface area is 191 Å². The van der Waals surface area contributed by atoms with Crippen molar-refractivity contribution in [3.8, 4) is 0 Å². The van der Waals surface area contributed by atoms with E-state index in [-0.39, 0.29) is 12.2 Å². The molecular weight excluding hydrogens is 454 g/mol. The van der Waals surface area contributed by atoms with Crippen molar-refractivity contribution in [2.24, 2.45) is 0 Å². The van der Waals surface area contributed by atoms with Crippen LogP contribution in [0.1, 0.15) is 47.3 Å². The lowest BCUT2D eigenvalue weighted by molar-refractivity contribution is 0.0225. The molecule has 11 heteroatoms. The normalized spacial score (nSPS) is 13.9. The lowest BCUT2D eigenvalue weighted by Crippen LogP contribution is -2.39. The summed E-state index contributed by atoms with van der Waals surface area (Å²) in [7, 11) is -2.31. The highest BCUT2D eigenvalue weighted by atomic mass is 32.2. The largest absolute Gasteiger partial charge is 0.465 e. The van der Waals surface area contributed by atoms with Gasteiger partial charge in [-0.15, -0.1) is 0 Å². The molecule has 2 heterocycles. The number of fused-ring (bicyclic) bond motifs is 1. The van der Waals surface area contributed by atoms with E-state index >= 15 is 0 Å². The van der Waals surface area contributed by atoms with Crippen molar-refractivity contribution in [2.75, 3.05) is 24.1 Å². The number of hydrogen-bond donors (Lipinski definition) is 1. The van der Waals surface area contributed by atoms with E-state index in [2.05, 4.69) is 14.4 Å². The minimum absolute atomic E-state index is 0.126. The summed E-state index contributed by atoms with van der Waals surface area (Å²) in [6.45, 7) is 6.25. The van der Waals surface area contributed by atoms with Gasteiger partial charge in [-0.2, -0.15) is 0 Å². The molecule has 1 aromatic heterocycles. The Balaban J connectivity index is 1.58. The van der Waals surface area contributed by atoms with Crippen LogP contribution in [-0.2, 0) is 38.9 Å². The molecule has 3 rings (SSSR count). The zero-order valence-electron chi connectivity index (χ0n) is 18.5. The lowest BCUT2D eigenvalue weighted by Gasteiger charge is -2.29. The highest BCUT2D eigenvalue weighted by Crippen LogP contribution is 2.29. The first-order valence-corrected chi connectivity index (χ1v) is 12.6. The molecule has 1 N–H and O–H groups in total. The van der Waals surface area contributed by atoms with E-state index in [0.717, 1.165) is 16.1 Å². The van der Waals surface area contributed by atoms with Crippen LogP contribution in [-0.4, -0.2) is 55.4 Å². The van der Waals surface area contributed by atoms with Crippen LogP contribution >= 0.6 is 11.3 Å². The molecule has 0 atom stereocenters. The smallest absolute Gasteiger partial charge is 0.410 e. The van der Waals surface area contributed by atoms with E-state index < -0.39 is 27.7 Å². The second kappa shape index (κ2) is 9.45. The number of rotatable bonds is 6. The number of hydrogen-bond acceptors (Lipinski definition) is 8. The summed E-state index contributed by atoms with van der Waals surface area (Å²) < 4.78 is 37.7. The van der Waals surface area contributed by atoms with Gasteiger partial charge in [0.05, 0.1) is 30.7 Å². The topological polar surface area (TPSA) is 115 Å². The Morgan fingerprint density at radius 2 is 1.91 bits per heavy atom. The number of esters is 1. The molecule has 0 bridgehead atoms. The summed E-state index contributed by atoms with van der Waals surface area (Å²) in [4.78, 5) is 30.6. The number of nitrogens with zero attached hydrogens (tertiary/aromatic N) is 2. The first-order chi connectivity index (χ1) is 15.0. The van der Waals surface area contributed by atoms with Crippen LogP contribution in [0.3, 0.4) is 0 Å². The third-order valence-corrected chi connectivity index (χ3v) is 7.03. The van der Waals surface area contributed by atoms with Gasteiger partial charge in [-0.3, -0.25) is 4.72 Å². The van der Waals surface area contributed by atoms with Gasteiger partial charge in [0.15, 0.2) is 5.13 Å². The fraction of sp³-hybridized carbons (Fsp3) is 0.476. The van der Waals surface area contributed by atoms with Crippen LogP contribution in [0, 0.1) is 0 Å². The highest BCUT2D eigenvalue weighted by Gasteiger charge is 2.28. The van der Waals surface area contributed by atoms with Crippen molar-refractivity contribution in [1.29, 1.82) is 0 Å².